The summed E-state index contributed by atoms with van der Waals surface area (Å²) < 4.78 is 1.03. The first-order chi connectivity index (χ1) is 5.14. The highest BCUT2D eigenvalue weighted by Crippen LogP contribution is 2.09. The summed E-state index contributed by atoms with van der Waals surface area (Å²) in [6.45, 7) is 10.1. The molecule has 0 aliphatic heterocycles. The van der Waals surface area contributed by atoms with Crippen molar-refractivity contribution in [2.45, 2.75) is 20.8 Å². The Balaban J connectivity index is 4.19. The molecule has 0 aliphatic carbocycles. The third-order valence-electron chi connectivity index (χ3n) is 2.55. The lowest BCUT2D eigenvalue weighted by atomic mass is 10.5. The van der Waals surface area contributed by atoms with E-state index in [0.29, 0.717) is 0 Å². The molecule has 0 radical (unpaired) electrons. The molecule has 0 aromatic heterocycles. The molecule has 0 N–H and O–H groups in total. The molecule has 0 amide bonds. The largest absolute Gasteiger partial charge is 0.245 e. The number of hydrogen-bond donors (Lipinski definition) is 0. The van der Waals surface area contributed by atoms with Gasteiger partial charge in [-0.25, -0.2) is 4.59 Å². The van der Waals surface area contributed by atoms with E-state index in [1.165, 1.54) is 0 Å². The Morgan fingerprint density at radius 1 is 1.18 bits per heavy atom. The van der Waals surface area contributed by atoms with Gasteiger partial charge in [-0.15, -0.1) is 5.01 Å². The molecule has 0 aromatic rings. The van der Waals surface area contributed by atoms with Gasteiger partial charge in [0.15, 0.2) is 0 Å². The Kier molecular flexibility index (Phi) is 5.30. The Bertz CT molecular complexity index is 98.3. The maximum atomic E-state index is 3.50. The average molecular weight is 224 g/mol. The first-order valence-electron chi connectivity index (χ1n) is 4.30. The maximum Gasteiger partial charge on any atom is 0.103 e. The highest BCUT2D eigenvalue weighted by molar-refractivity contribution is 9.09. The molecule has 0 fully saturated rings. The van der Waals surface area contributed by atoms with Crippen molar-refractivity contribution in [1.29, 1.82) is 0 Å². The second-order valence-corrected chi connectivity index (χ2v) is 3.42. The Morgan fingerprint density at radius 2 is 1.64 bits per heavy atom. The van der Waals surface area contributed by atoms with Gasteiger partial charge in [0.2, 0.25) is 0 Å². The van der Waals surface area contributed by atoms with Gasteiger partial charge in [0.25, 0.3) is 0 Å². The average Bonchev–Trinajstić information content (AvgIpc) is 2.06. The van der Waals surface area contributed by atoms with Crippen LogP contribution in [-0.2, 0) is 0 Å². The summed E-state index contributed by atoms with van der Waals surface area (Å²) in [5, 5.41) is 2.40. The summed E-state index contributed by atoms with van der Waals surface area (Å²) in [6.07, 6.45) is 0. The molecule has 0 aliphatic rings. The molecule has 0 aromatic carbocycles. The van der Waals surface area contributed by atoms with Gasteiger partial charge in [-0.1, -0.05) is 15.9 Å². The van der Waals surface area contributed by atoms with E-state index in [1.54, 1.807) is 0 Å². The highest BCUT2D eigenvalue weighted by atomic mass is 79.9. The van der Waals surface area contributed by atoms with Crippen molar-refractivity contribution >= 4 is 15.9 Å². The summed E-state index contributed by atoms with van der Waals surface area (Å²) in [6, 6.07) is 0. The Hall–Kier alpha value is 0.400. The van der Waals surface area contributed by atoms with E-state index in [-0.39, 0.29) is 0 Å². The van der Waals surface area contributed by atoms with Gasteiger partial charge >= 0.3 is 0 Å². The quantitative estimate of drug-likeness (QED) is 0.299. The first kappa shape index (κ1) is 11.4. The predicted octanol–water partition coefficient (Wildman–Crippen LogP) is 2.06. The van der Waals surface area contributed by atoms with Crippen molar-refractivity contribution in [2.75, 3.05) is 32.1 Å². The molecule has 0 spiro atoms. The van der Waals surface area contributed by atoms with E-state index in [0.717, 1.165) is 29.7 Å². The molecule has 0 heterocycles. The number of rotatable bonds is 5. The van der Waals surface area contributed by atoms with Crippen molar-refractivity contribution in [3.05, 3.63) is 0 Å². The van der Waals surface area contributed by atoms with E-state index < -0.39 is 0 Å². The smallest absolute Gasteiger partial charge is 0.103 e. The predicted molar refractivity (Wildman–Crippen MR) is 53.4 cm³/mol. The summed E-state index contributed by atoms with van der Waals surface area (Å²) in [5.41, 5.74) is 0.960. The zero-order chi connectivity index (χ0) is 8.91. The topological polar surface area (TPSA) is 3.24 Å². The van der Waals surface area contributed by atoms with Crippen LogP contribution in [0.2, 0.25) is 0 Å². The third kappa shape index (κ3) is 2.73. The molecule has 0 rings (SSSR count). The van der Waals surface area contributed by atoms with E-state index >= 15 is 0 Å². The van der Waals surface area contributed by atoms with Crippen molar-refractivity contribution < 1.29 is 4.59 Å². The lowest BCUT2D eigenvalue weighted by Gasteiger charge is -2.40. The zero-order valence-electron chi connectivity index (χ0n) is 8.10. The SMILES string of the molecule is CCN(CBr)[N+](C)(CC)CC. The van der Waals surface area contributed by atoms with Gasteiger partial charge in [-0.3, -0.25) is 0 Å². The van der Waals surface area contributed by atoms with Crippen molar-refractivity contribution in [3.63, 3.8) is 0 Å². The van der Waals surface area contributed by atoms with Crippen LogP contribution in [0.1, 0.15) is 20.8 Å². The second kappa shape index (κ2) is 5.12. The van der Waals surface area contributed by atoms with Crippen LogP contribution in [0.4, 0.5) is 0 Å². The van der Waals surface area contributed by atoms with Crippen LogP contribution in [0.3, 0.4) is 0 Å². The molecule has 0 saturated carbocycles. The standard InChI is InChI=1S/C8H20BrN2/c1-5-10(8-9)11(4,6-2)7-3/h5-8H2,1-4H3/q+1. The number of halogens is 1. The minimum atomic E-state index is 0.960. The fourth-order valence-electron chi connectivity index (χ4n) is 1.18. The zero-order valence-corrected chi connectivity index (χ0v) is 9.69. The van der Waals surface area contributed by atoms with Crippen LogP contribution in [0.5, 0.6) is 0 Å². The summed E-state index contributed by atoms with van der Waals surface area (Å²) in [4.78, 5) is 0. The minimum absolute atomic E-state index is 0.960. The van der Waals surface area contributed by atoms with Crippen LogP contribution in [0, 0.1) is 0 Å². The van der Waals surface area contributed by atoms with Crippen molar-refractivity contribution in [2.24, 2.45) is 0 Å². The fourth-order valence-corrected chi connectivity index (χ4v) is 2.07. The lowest BCUT2D eigenvalue weighted by molar-refractivity contribution is -1.01. The van der Waals surface area contributed by atoms with Gasteiger partial charge in [0, 0.05) is 6.54 Å². The van der Waals surface area contributed by atoms with E-state index in [9.17, 15) is 0 Å². The molecule has 68 valence electrons. The monoisotopic (exact) mass is 223 g/mol. The second-order valence-electron chi connectivity index (χ2n) is 2.91. The van der Waals surface area contributed by atoms with Gasteiger partial charge in [0.05, 0.1) is 20.1 Å². The minimum Gasteiger partial charge on any atom is -0.245 e. The highest BCUT2D eigenvalue weighted by Gasteiger charge is 2.24. The molecule has 0 unspecified atom stereocenters. The van der Waals surface area contributed by atoms with Crippen molar-refractivity contribution in [3.8, 4) is 0 Å². The fraction of sp³-hybridized carbons (Fsp3) is 1.00. The van der Waals surface area contributed by atoms with Crippen molar-refractivity contribution in [1.82, 2.24) is 5.01 Å². The van der Waals surface area contributed by atoms with Crippen LogP contribution in [-0.4, -0.2) is 41.7 Å². The molecule has 11 heavy (non-hydrogen) atoms. The molecule has 2 nitrogen and oxygen atoms in total. The number of hydrogen-bond acceptors (Lipinski definition) is 1. The number of nitrogens with zero attached hydrogens (tertiary/aromatic N) is 2. The normalized spacial score (nSPS) is 12.5. The maximum absolute atomic E-state index is 3.50. The number of alkyl halides is 1. The van der Waals surface area contributed by atoms with Gasteiger partial charge < -0.3 is 0 Å². The van der Waals surface area contributed by atoms with Gasteiger partial charge in [0.1, 0.15) is 5.45 Å². The lowest BCUT2D eigenvalue weighted by Crippen LogP contribution is -2.56. The molecular formula is C8H20BrN2+. The molecule has 0 atom stereocenters. The molecule has 0 saturated heterocycles. The summed E-state index contributed by atoms with van der Waals surface area (Å²) in [7, 11) is 2.27. The Labute approximate surface area is 78.9 Å². The molecule has 3 heteroatoms. The summed E-state index contributed by atoms with van der Waals surface area (Å²) in [5.74, 6) is 0. The van der Waals surface area contributed by atoms with Crippen LogP contribution < -0.4 is 0 Å². The third-order valence-corrected chi connectivity index (χ3v) is 3.13. The van der Waals surface area contributed by atoms with Gasteiger partial charge in [-0.2, -0.15) is 0 Å². The molecular weight excluding hydrogens is 204 g/mol. The van der Waals surface area contributed by atoms with E-state index in [1.807, 2.05) is 0 Å². The van der Waals surface area contributed by atoms with Crippen LogP contribution in [0.25, 0.3) is 0 Å². The number of quaternary nitrogens is 1. The van der Waals surface area contributed by atoms with E-state index in [2.05, 4.69) is 48.8 Å². The summed E-state index contributed by atoms with van der Waals surface area (Å²) >= 11 is 3.50. The first-order valence-corrected chi connectivity index (χ1v) is 5.42. The molecule has 0 bridgehead atoms. The van der Waals surface area contributed by atoms with Crippen LogP contribution in [0.15, 0.2) is 0 Å². The van der Waals surface area contributed by atoms with Gasteiger partial charge in [-0.05, 0) is 20.8 Å². The van der Waals surface area contributed by atoms with E-state index in [4.69, 9.17) is 0 Å². The van der Waals surface area contributed by atoms with Crippen LogP contribution >= 0.6 is 15.9 Å². The Morgan fingerprint density at radius 3 is 1.73 bits per heavy atom.